The van der Waals surface area contributed by atoms with Gasteiger partial charge in [0.1, 0.15) is 0 Å². The van der Waals surface area contributed by atoms with E-state index >= 15 is 0 Å². The van der Waals surface area contributed by atoms with E-state index in [4.69, 9.17) is 13.1 Å². The quantitative estimate of drug-likeness (QED) is 0.198. The van der Waals surface area contributed by atoms with Crippen molar-refractivity contribution in [1.82, 2.24) is 0 Å². The average Bonchev–Trinajstić information content (AvgIpc) is 3.95. The van der Waals surface area contributed by atoms with Crippen LogP contribution in [0.15, 0.2) is 46.8 Å². The molecule has 3 heterocycles. The van der Waals surface area contributed by atoms with E-state index in [1.165, 1.54) is 105 Å². The highest BCUT2D eigenvalue weighted by molar-refractivity contribution is 7.27. The Bertz CT molecular complexity index is 2050. The number of nitriles is 2. The van der Waals surface area contributed by atoms with Crippen molar-refractivity contribution in [3.63, 3.8) is 0 Å². The topological polar surface area (TPSA) is 56.3 Å². The van der Waals surface area contributed by atoms with E-state index in [0.29, 0.717) is 0 Å². The van der Waals surface area contributed by atoms with Crippen LogP contribution < -0.4 is 0 Å². The Morgan fingerprint density at radius 1 is 0.571 bits per heavy atom. The Kier molecular flexibility index (Phi) is 7.49. The van der Waals surface area contributed by atoms with Crippen molar-refractivity contribution in [2.45, 2.75) is 114 Å². The number of allylic oxidation sites excluding steroid dienone is 8. The van der Waals surface area contributed by atoms with Crippen LogP contribution >= 0.6 is 34.0 Å². The van der Waals surface area contributed by atoms with Crippen LogP contribution in [0, 0.1) is 35.8 Å². The van der Waals surface area contributed by atoms with Crippen LogP contribution in [0.25, 0.3) is 40.3 Å². The van der Waals surface area contributed by atoms with Gasteiger partial charge in [-0.3, -0.25) is 0 Å². The maximum Gasteiger partial charge on any atom is 0.265 e. The van der Waals surface area contributed by atoms with Crippen molar-refractivity contribution in [3.8, 4) is 31.6 Å². The molecule has 3 aromatic rings. The SMILES string of the molecule is [C-]#[N+]/C(C#N)=C1\C=C(c2cc3c(s2)-c2sc4c(c2C32CCCCC2)C2(CCCCC2)c2cc(C3=C/C(=C(\C#N)[N+]#[C-])CCC3)sc2-4)CCC1. The Morgan fingerprint density at radius 2 is 1.00 bits per heavy atom. The van der Waals surface area contributed by atoms with Gasteiger partial charge in [-0.05, 0) is 121 Å². The smallest absolute Gasteiger partial charge is 0.226 e. The van der Waals surface area contributed by atoms with Gasteiger partial charge in [0.05, 0.1) is 25.3 Å². The molecule has 0 unspecified atom stereocenters. The summed E-state index contributed by atoms with van der Waals surface area (Å²) in [5.74, 6) is 0. The first-order chi connectivity index (χ1) is 24.0. The molecule has 6 aliphatic rings. The van der Waals surface area contributed by atoms with Gasteiger partial charge in [0.2, 0.25) is 0 Å². The van der Waals surface area contributed by atoms with Gasteiger partial charge in [-0.15, -0.1) is 34.0 Å². The van der Waals surface area contributed by atoms with Gasteiger partial charge in [0.15, 0.2) is 0 Å². The molecule has 4 nitrogen and oxygen atoms in total. The molecule has 0 radical (unpaired) electrons. The van der Waals surface area contributed by atoms with Crippen LogP contribution in [0.3, 0.4) is 0 Å². The predicted octanol–water partition coefficient (Wildman–Crippen LogP) is 12.9. The number of nitrogens with zero attached hydrogens (tertiary/aromatic N) is 4. The summed E-state index contributed by atoms with van der Waals surface area (Å²) >= 11 is 6.02. The van der Waals surface area contributed by atoms with Crippen LogP contribution in [0.5, 0.6) is 0 Å². The molecule has 3 aromatic heterocycles. The second-order valence-electron chi connectivity index (χ2n) is 14.7. The third-order valence-electron chi connectivity index (χ3n) is 12.3. The molecule has 9 rings (SSSR count). The Labute approximate surface area is 301 Å². The highest BCUT2D eigenvalue weighted by atomic mass is 32.1. The highest BCUT2D eigenvalue weighted by Crippen LogP contribution is 2.71. The monoisotopic (exact) mass is 692 g/mol. The lowest BCUT2D eigenvalue weighted by molar-refractivity contribution is 0.326. The van der Waals surface area contributed by atoms with Gasteiger partial charge in [0.25, 0.3) is 11.4 Å². The Balaban J connectivity index is 1.22. The minimum absolute atomic E-state index is 0.0877. The first-order valence-corrected chi connectivity index (χ1v) is 20.4. The fourth-order valence-corrected chi connectivity index (χ4v) is 14.6. The third-order valence-corrected chi connectivity index (χ3v) is 16.3. The minimum atomic E-state index is 0.0877. The molecule has 7 heteroatoms. The lowest BCUT2D eigenvalue weighted by Gasteiger charge is -2.41. The van der Waals surface area contributed by atoms with E-state index < -0.39 is 0 Å². The lowest BCUT2D eigenvalue weighted by Crippen LogP contribution is -2.34. The summed E-state index contributed by atoms with van der Waals surface area (Å²) in [6.07, 6.45) is 22.6. The third kappa shape index (κ3) is 4.46. The molecule has 2 fully saturated rings. The average molecular weight is 693 g/mol. The van der Waals surface area contributed by atoms with Crippen LogP contribution in [0.2, 0.25) is 0 Å². The standard InChI is InChI=1S/C42H36N4S3/c1-45-31(23-43)25-11-9-13-27(19-25)33-21-29-37(47-33)39-35(41(29)15-5-3-6-16-41)36-40(49-39)38-30(42(36)17-7-4-8-18-42)22-34(48-38)28-14-10-12-26(20-28)32(24-44)46-2/h19-22H,3-18H2/b31-25-,32-26+. The molecule has 0 saturated heterocycles. The molecule has 0 N–H and O–H groups in total. The van der Waals surface area contributed by atoms with E-state index in [-0.39, 0.29) is 22.2 Å². The first-order valence-electron chi connectivity index (χ1n) is 18.0. The van der Waals surface area contributed by atoms with Gasteiger partial charge >= 0.3 is 0 Å². The fourth-order valence-electron chi connectivity index (χ4n) is 10.2. The maximum absolute atomic E-state index is 9.59. The van der Waals surface area contributed by atoms with Gasteiger partial charge in [-0.2, -0.15) is 0 Å². The number of rotatable bonds is 2. The van der Waals surface area contributed by atoms with Crippen molar-refractivity contribution in [2.75, 3.05) is 0 Å². The predicted molar refractivity (Wildman–Crippen MR) is 201 cm³/mol. The maximum atomic E-state index is 9.59. The Hall–Kier alpha value is -3.98. The molecule has 49 heavy (non-hydrogen) atoms. The van der Waals surface area contributed by atoms with Gasteiger partial charge in [0, 0.05) is 40.1 Å². The Morgan fingerprint density at radius 3 is 1.39 bits per heavy atom. The summed E-state index contributed by atoms with van der Waals surface area (Å²) in [6.45, 7) is 15.1. The summed E-state index contributed by atoms with van der Waals surface area (Å²) in [6, 6.07) is 9.36. The molecular formula is C42H36N4S3. The summed E-state index contributed by atoms with van der Waals surface area (Å²) in [7, 11) is 0. The summed E-state index contributed by atoms with van der Waals surface area (Å²) in [5, 5.41) is 19.2. The molecule has 6 aliphatic carbocycles. The number of hydrogen-bond acceptors (Lipinski definition) is 5. The largest absolute Gasteiger partial charge is 0.265 e. The van der Waals surface area contributed by atoms with Crippen molar-refractivity contribution in [2.24, 2.45) is 0 Å². The second kappa shape index (κ2) is 11.8. The van der Waals surface area contributed by atoms with E-state index in [9.17, 15) is 10.5 Å². The van der Waals surface area contributed by atoms with Gasteiger partial charge in [-0.25, -0.2) is 20.2 Å². The number of fused-ring (bicyclic) bond motifs is 11. The zero-order valence-electron chi connectivity index (χ0n) is 27.6. The molecular weight excluding hydrogens is 657 g/mol. The molecule has 2 saturated carbocycles. The zero-order valence-corrected chi connectivity index (χ0v) is 30.1. The molecule has 2 spiro atoms. The highest BCUT2D eigenvalue weighted by Gasteiger charge is 2.56. The van der Waals surface area contributed by atoms with Crippen molar-refractivity contribution >= 4 is 45.2 Å². The second-order valence-corrected chi connectivity index (χ2v) is 17.9. The van der Waals surface area contributed by atoms with Crippen LogP contribution in [0.4, 0.5) is 0 Å². The van der Waals surface area contributed by atoms with Gasteiger partial charge < -0.3 is 0 Å². The molecule has 0 amide bonds. The van der Waals surface area contributed by atoms with Crippen molar-refractivity contribution in [3.05, 3.63) is 102 Å². The first kappa shape index (κ1) is 31.0. The van der Waals surface area contributed by atoms with E-state index in [1.807, 2.05) is 22.7 Å². The van der Waals surface area contributed by atoms with E-state index in [0.717, 1.165) is 49.7 Å². The van der Waals surface area contributed by atoms with E-state index in [1.54, 1.807) is 22.3 Å². The van der Waals surface area contributed by atoms with Crippen molar-refractivity contribution < 1.29 is 0 Å². The van der Waals surface area contributed by atoms with E-state index in [2.05, 4.69) is 57.5 Å². The summed E-state index contributed by atoms with van der Waals surface area (Å²) in [5.41, 5.74) is 11.6. The minimum Gasteiger partial charge on any atom is -0.226 e. The summed E-state index contributed by atoms with van der Waals surface area (Å²) in [4.78, 5) is 15.8. The number of hydrogen-bond donors (Lipinski definition) is 0. The lowest BCUT2D eigenvalue weighted by atomic mass is 9.61. The molecule has 0 aliphatic heterocycles. The molecule has 0 aromatic carbocycles. The number of thiophene rings is 3. The summed E-state index contributed by atoms with van der Waals surface area (Å²) < 4.78 is 0. The fraction of sp³-hybridized carbons (Fsp3) is 0.429. The molecule has 0 atom stereocenters. The van der Waals surface area contributed by atoms with Crippen molar-refractivity contribution in [1.29, 1.82) is 10.5 Å². The molecule has 0 bridgehead atoms. The normalized spacial score (nSPS) is 23.2. The zero-order chi connectivity index (χ0) is 33.3. The van der Waals surface area contributed by atoms with Gasteiger partial charge in [-0.1, -0.05) is 50.7 Å². The molecule has 242 valence electrons. The van der Waals surface area contributed by atoms with Crippen LogP contribution in [-0.2, 0) is 10.8 Å². The van der Waals surface area contributed by atoms with Crippen LogP contribution in [-0.4, -0.2) is 0 Å². The van der Waals surface area contributed by atoms with Crippen LogP contribution in [0.1, 0.15) is 135 Å².